The lowest BCUT2D eigenvalue weighted by Gasteiger charge is -2.26. The van der Waals surface area contributed by atoms with Gasteiger partial charge in [0.2, 0.25) is 0 Å². The monoisotopic (exact) mass is 587 g/mol. The van der Waals surface area contributed by atoms with Crippen molar-refractivity contribution in [1.82, 2.24) is 5.32 Å². The zero-order chi connectivity index (χ0) is 25.8. The maximum Gasteiger partial charge on any atom is 0.335 e. The maximum absolute atomic E-state index is 13.0. The summed E-state index contributed by atoms with van der Waals surface area (Å²) in [6.07, 6.45) is 1.36. The first-order chi connectivity index (χ1) is 17.2. The molecule has 0 bridgehead atoms. The van der Waals surface area contributed by atoms with E-state index >= 15 is 0 Å². The number of nitrogens with one attached hydrogen (secondary N) is 2. The van der Waals surface area contributed by atoms with E-state index in [2.05, 4.69) is 26.6 Å². The van der Waals surface area contributed by atoms with Crippen LogP contribution >= 0.6 is 39.1 Å². The van der Waals surface area contributed by atoms with Crippen molar-refractivity contribution in [2.45, 2.75) is 0 Å². The zero-order valence-electron chi connectivity index (χ0n) is 18.3. The van der Waals surface area contributed by atoms with Crippen LogP contribution in [0, 0.1) is 0 Å². The molecule has 0 aromatic heterocycles. The van der Waals surface area contributed by atoms with Crippen LogP contribution in [0.15, 0.2) is 76.8 Å². The van der Waals surface area contributed by atoms with Crippen LogP contribution in [0.4, 0.5) is 16.2 Å². The molecule has 2 N–H and O–H groups in total. The molecular weight excluding hydrogens is 573 g/mol. The first-order valence-electron chi connectivity index (χ1n) is 10.4. The van der Waals surface area contributed by atoms with Gasteiger partial charge >= 0.3 is 6.03 Å². The minimum absolute atomic E-state index is 0.229. The van der Waals surface area contributed by atoms with Gasteiger partial charge in [0.25, 0.3) is 17.7 Å². The number of rotatable bonds is 6. The second-order valence-corrected chi connectivity index (χ2v) is 9.20. The Kier molecular flexibility index (Phi) is 7.73. The van der Waals surface area contributed by atoms with Gasteiger partial charge in [0.1, 0.15) is 11.3 Å². The first-order valence-corrected chi connectivity index (χ1v) is 11.9. The molecule has 3 aromatic rings. The largest absolute Gasteiger partial charge is 0.483 e. The van der Waals surface area contributed by atoms with E-state index in [4.69, 9.17) is 27.9 Å². The highest BCUT2D eigenvalue weighted by Gasteiger charge is 2.36. The summed E-state index contributed by atoms with van der Waals surface area (Å²) in [7, 11) is 0. The van der Waals surface area contributed by atoms with Crippen molar-refractivity contribution < 1.29 is 23.9 Å². The molecule has 1 aliphatic rings. The number of hydrogen-bond acceptors (Lipinski definition) is 5. The van der Waals surface area contributed by atoms with Crippen molar-refractivity contribution in [2.24, 2.45) is 0 Å². The van der Waals surface area contributed by atoms with Crippen LogP contribution in [0.2, 0.25) is 10.0 Å². The average molecular weight is 589 g/mol. The van der Waals surface area contributed by atoms with Gasteiger partial charge in [-0.3, -0.25) is 19.7 Å². The second kappa shape index (κ2) is 10.9. The summed E-state index contributed by atoms with van der Waals surface area (Å²) in [6, 6.07) is 16.7. The Balaban J connectivity index is 1.47. The molecule has 1 heterocycles. The highest BCUT2D eigenvalue weighted by molar-refractivity contribution is 9.10. The molecule has 3 aromatic carbocycles. The number of halogens is 3. The SMILES string of the molecule is O=C(COc1ccc(/C=C2\C(=O)NC(=O)N(c3ccc(Cl)cc3)C2=O)cc1Br)Nc1ccc(Cl)cc1. The van der Waals surface area contributed by atoms with Crippen LogP contribution in [0.25, 0.3) is 6.08 Å². The van der Waals surface area contributed by atoms with Crippen molar-refractivity contribution in [2.75, 3.05) is 16.8 Å². The Hall–Kier alpha value is -3.66. The number of carbonyl (C=O) groups excluding carboxylic acids is 4. The van der Waals surface area contributed by atoms with Gasteiger partial charge in [-0.1, -0.05) is 29.3 Å². The number of ether oxygens (including phenoxy) is 1. The normalized spacial score (nSPS) is 14.6. The number of barbiturate groups is 1. The summed E-state index contributed by atoms with van der Waals surface area (Å²) < 4.78 is 6.06. The number of anilines is 2. The number of amides is 5. The van der Waals surface area contributed by atoms with E-state index in [0.29, 0.717) is 31.5 Å². The third-order valence-electron chi connectivity index (χ3n) is 4.94. The lowest BCUT2D eigenvalue weighted by molar-refractivity contribution is -0.122. The molecule has 8 nitrogen and oxygen atoms in total. The van der Waals surface area contributed by atoms with Crippen LogP contribution in [0.1, 0.15) is 5.56 Å². The number of nitrogens with zero attached hydrogens (tertiary/aromatic N) is 1. The van der Waals surface area contributed by atoms with Gasteiger partial charge in [0.05, 0.1) is 10.2 Å². The third-order valence-corrected chi connectivity index (χ3v) is 6.06. The van der Waals surface area contributed by atoms with E-state index in [-0.39, 0.29) is 23.8 Å². The molecule has 0 saturated carbocycles. The standard InChI is InChI=1S/C25H16BrCl2N3O5/c26-20-12-14(1-10-21(20)36-13-22(32)29-17-6-2-15(27)3-7-17)11-19-23(33)30-25(35)31(24(19)34)18-8-4-16(28)5-9-18/h1-12H,13H2,(H,29,32)(H,30,33,35)/b19-11+. The lowest BCUT2D eigenvalue weighted by atomic mass is 10.1. The number of urea groups is 1. The first kappa shape index (κ1) is 25.4. The van der Waals surface area contributed by atoms with Gasteiger partial charge in [-0.15, -0.1) is 0 Å². The van der Waals surface area contributed by atoms with Gasteiger partial charge < -0.3 is 10.1 Å². The lowest BCUT2D eigenvalue weighted by Crippen LogP contribution is -2.54. The Morgan fingerprint density at radius 1 is 0.972 bits per heavy atom. The summed E-state index contributed by atoms with van der Waals surface area (Å²) in [5.41, 5.74) is 1.11. The van der Waals surface area contributed by atoms with Gasteiger partial charge in [-0.2, -0.15) is 0 Å². The molecule has 0 atom stereocenters. The van der Waals surface area contributed by atoms with Crippen LogP contribution in [-0.2, 0) is 14.4 Å². The number of hydrogen-bond donors (Lipinski definition) is 2. The predicted molar refractivity (Wildman–Crippen MR) is 140 cm³/mol. The molecule has 0 aliphatic carbocycles. The number of carbonyl (C=O) groups is 4. The molecule has 182 valence electrons. The van der Waals surface area contributed by atoms with E-state index in [1.54, 1.807) is 42.5 Å². The van der Waals surface area contributed by atoms with Gasteiger partial charge in [0.15, 0.2) is 6.61 Å². The van der Waals surface area contributed by atoms with Crippen molar-refractivity contribution in [3.05, 3.63) is 92.4 Å². The molecule has 0 unspecified atom stereocenters. The number of benzene rings is 3. The highest BCUT2D eigenvalue weighted by atomic mass is 79.9. The fraction of sp³-hybridized carbons (Fsp3) is 0.0400. The van der Waals surface area contributed by atoms with E-state index in [9.17, 15) is 19.2 Å². The van der Waals surface area contributed by atoms with Crippen LogP contribution < -0.4 is 20.3 Å². The molecule has 1 fully saturated rings. The minimum atomic E-state index is -0.855. The average Bonchev–Trinajstić information content (AvgIpc) is 2.84. The third kappa shape index (κ3) is 5.93. The smallest absolute Gasteiger partial charge is 0.335 e. The minimum Gasteiger partial charge on any atom is -0.483 e. The van der Waals surface area contributed by atoms with Gasteiger partial charge in [-0.25, -0.2) is 9.69 Å². The Bertz CT molecular complexity index is 1390. The quantitative estimate of drug-likeness (QED) is 0.295. The van der Waals surface area contributed by atoms with Crippen molar-refractivity contribution in [1.29, 1.82) is 0 Å². The summed E-state index contributed by atoms with van der Waals surface area (Å²) in [5.74, 6) is -1.58. The van der Waals surface area contributed by atoms with Crippen LogP contribution in [-0.4, -0.2) is 30.4 Å². The molecular formula is C25H16BrCl2N3O5. The fourth-order valence-electron chi connectivity index (χ4n) is 3.25. The maximum atomic E-state index is 13.0. The fourth-order valence-corrected chi connectivity index (χ4v) is 4.01. The molecule has 11 heteroatoms. The summed E-state index contributed by atoms with van der Waals surface area (Å²) in [5, 5.41) is 5.84. The molecule has 0 radical (unpaired) electrons. The van der Waals surface area contributed by atoms with Gasteiger partial charge in [-0.05, 0) is 88.2 Å². The van der Waals surface area contributed by atoms with Crippen LogP contribution in [0.5, 0.6) is 5.75 Å². The Morgan fingerprint density at radius 3 is 2.25 bits per heavy atom. The molecule has 1 saturated heterocycles. The van der Waals surface area contributed by atoms with E-state index in [1.807, 2.05) is 0 Å². The van der Waals surface area contributed by atoms with Crippen molar-refractivity contribution in [3.63, 3.8) is 0 Å². The second-order valence-electron chi connectivity index (χ2n) is 7.47. The Labute approximate surface area is 223 Å². The van der Waals surface area contributed by atoms with E-state index in [0.717, 1.165) is 4.90 Å². The van der Waals surface area contributed by atoms with Gasteiger partial charge in [0, 0.05) is 15.7 Å². The summed E-state index contributed by atoms with van der Waals surface area (Å²) >= 11 is 15.1. The molecule has 4 rings (SSSR count). The highest BCUT2D eigenvalue weighted by Crippen LogP contribution is 2.28. The summed E-state index contributed by atoms with van der Waals surface area (Å²) in [4.78, 5) is 50.7. The topological polar surface area (TPSA) is 105 Å². The van der Waals surface area contributed by atoms with Crippen molar-refractivity contribution >= 4 is 80.3 Å². The number of imide groups is 2. The molecule has 5 amide bonds. The van der Waals surface area contributed by atoms with Crippen LogP contribution in [0.3, 0.4) is 0 Å². The molecule has 36 heavy (non-hydrogen) atoms. The summed E-state index contributed by atoms with van der Waals surface area (Å²) in [6.45, 7) is -0.249. The molecule has 0 spiro atoms. The van der Waals surface area contributed by atoms with E-state index < -0.39 is 17.8 Å². The predicted octanol–water partition coefficient (Wildman–Crippen LogP) is 5.44. The Morgan fingerprint density at radius 2 is 1.61 bits per heavy atom. The van der Waals surface area contributed by atoms with Crippen molar-refractivity contribution in [3.8, 4) is 5.75 Å². The zero-order valence-corrected chi connectivity index (χ0v) is 21.4. The molecule has 1 aliphatic heterocycles. The van der Waals surface area contributed by atoms with E-state index in [1.165, 1.54) is 30.3 Å².